The molecule has 0 aliphatic carbocycles. The number of hydrogen-bond acceptors (Lipinski definition) is 5. The summed E-state index contributed by atoms with van der Waals surface area (Å²) in [6.07, 6.45) is 3.02. The molecule has 6 heteroatoms. The summed E-state index contributed by atoms with van der Waals surface area (Å²) in [6.45, 7) is -0.0306. The molecule has 0 aliphatic heterocycles. The molecule has 2 heterocycles. The standard InChI is InChI=1S/C16H11N3O3/c20-16(10-19-17-7-8-18-19)21-11-5-6-15-13(9-11)12-3-1-2-4-14(12)22-15/h1-9H,10H2. The second-order valence-corrected chi connectivity index (χ2v) is 4.79. The smallest absolute Gasteiger partial charge is 0.335 e. The van der Waals surface area contributed by atoms with Crippen molar-refractivity contribution in [2.45, 2.75) is 6.54 Å². The molecule has 0 spiro atoms. The molecule has 0 bridgehead atoms. The zero-order valence-corrected chi connectivity index (χ0v) is 11.5. The minimum Gasteiger partial charge on any atom is -0.456 e. The van der Waals surface area contributed by atoms with Gasteiger partial charge in [-0.05, 0) is 24.3 Å². The summed E-state index contributed by atoms with van der Waals surface area (Å²) < 4.78 is 11.1. The summed E-state index contributed by atoms with van der Waals surface area (Å²) in [5.74, 6) is 0.0413. The third kappa shape index (κ3) is 2.20. The largest absolute Gasteiger partial charge is 0.456 e. The summed E-state index contributed by atoms with van der Waals surface area (Å²) in [5.41, 5.74) is 1.57. The van der Waals surface area contributed by atoms with E-state index < -0.39 is 5.97 Å². The van der Waals surface area contributed by atoms with Crippen molar-refractivity contribution in [1.82, 2.24) is 15.0 Å². The first-order valence-corrected chi connectivity index (χ1v) is 6.76. The summed E-state index contributed by atoms with van der Waals surface area (Å²) in [6, 6.07) is 13.0. The first-order valence-electron chi connectivity index (χ1n) is 6.76. The first-order chi connectivity index (χ1) is 10.8. The van der Waals surface area contributed by atoms with E-state index in [1.54, 1.807) is 18.2 Å². The minimum atomic E-state index is -0.427. The van der Waals surface area contributed by atoms with Gasteiger partial charge in [0.2, 0.25) is 0 Å². The molecule has 0 saturated heterocycles. The second kappa shape index (κ2) is 5.00. The van der Waals surface area contributed by atoms with Gasteiger partial charge in [-0.1, -0.05) is 18.2 Å². The highest BCUT2D eigenvalue weighted by Gasteiger charge is 2.11. The van der Waals surface area contributed by atoms with E-state index in [9.17, 15) is 4.79 Å². The van der Waals surface area contributed by atoms with Crippen LogP contribution in [0.15, 0.2) is 59.3 Å². The van der Waals surface area contributed by atoms with Gasteiger partial charge in [0.05, 0.1) is 12.4 Å². The Morgan fingerprint density at radius 3 is 2.68 bits per heavy atom. The highest BCUT2D eigenvalue weighted by Crippen LogP contribution is 2.31. The Hall–Kier alpha value is -3.15. The van der Waals surface area contributed by atoms with Crippen LogP contribution >= 0.6 is 0 Å². The molecule has 108 valence electrons. The predicted octanol–water partition coefficient (Wildman–Crippen LogP) is 2.78. The van der Waals surface area contributed by atoms with Crippen molar-refractivity contribution in [2.75, 3.05) is 0 Å². The fourth-order valence-corrected chi connectivity index (χ4v) is 2.37. The van der Waals surface area contributed by atoms with Gasteiger partial charge in [0, 0.05) is 10.8 Å². The van der Waals surface area contributed by atoms with Crippen LogP contribution in [0.2, 0.25) is 0 Å². The molecule has 0 N–H and O–H groups in total. The van der Waals surface area contributed by atoms with E-state index in [0.29, 0.717) is 5.75 Å². The molecule has 0 saturated carbocycles. The molecule has 6 nitrogen and oxygen atoms in total. The third-order valence-electron chi connectivity index (χ3n) is 3.32. The van der Waals surface area contributed by atoms with Gasteiger partial charge in [-0.2, -0.15) is 15.0 Å². The molecular formula is C16H11N3O3. The zero-order chi connectivity index (χ0) is 14.9. The maximum Gasteiger partial charge on any atom is 0.335 e. The first kappa shape index (κ1) is 12.6. The lowest BCUT2D eigenvalue weighted by Gasteiger charge is -2.03. The summed E-state index contributed by atoms with van der Waals surface area (Å²) in [7, 11) is 0. The quantitative estimate of drug-likeness (QED) is 0.429. The second-order valence-electron chi connectivity index (χ2n) is 4.79. The van der Waals surface area contributed by atoms with Crippen LogP contribution in [0.3, 0.4) is 0 Å². The Morgan fingerprint density at radius 2 is 1.82 bits per heavy atom. The molecule has 0 aliphatic rings. The monoisotopic (exact) mass is 293 g/mol. The number of esters is 1. The van der Waals surface area contributed by atoms with Crippen LogP contribution in [-0.4, -0.2) is 21.0 Å². The maximum atomic E-state index is 11.9. The maximum absolute atomic E-state index is 11.9. The van der Waals surface area contributed by atoms with E-state index in [4.69, 9.17) is 9.15 Å². The molecule has 0 atom stereocenters. The average Bonchev–Trinajstić information content (AvgIpc) is 3.14. The molecule has 22 heavy (non-hydrogen) atoms. The van der Waals surface area contributed by atoms with E-state index in [-0.39, 0.29) is 6.54 Å². The third-order valence-corrected chi connectivity index (χ3v) is 3.32. The number of hydrogen-bond donors (Lipinski definition) is 0. The number of nitrogens with zero attached hydrogens (tertiary/aromatic N) is 3. The van der Waals surface area contributed by atoms with Crippen LogP contribution in [0.5, 0.6) is 5.75 Å². The van der Waals surface area contributed by atoms with Gasteiger partial charge in [-0.15, -0.1) is 0 Å². The van der Waals surface area contributed by atoms with E-state index in [0.717, 1.165) is 21.9 Å². The van der Waals surface area contributed by atoms with Crippen molar-refractivity contribution in [3.63, 3.8) is 0 Å². The SMILES string of the molecule is O=C(Cn1nccn1)Oc1ccc2oc3ccccc3c2c1. The van der Waals surface area contributed by atoms with Crippen LogP contribution in [0.4, 0.5) is 0 Å². The molecule has 4 rings (SSSR count). The molecule has 0 fully saturated rings. The lowest BCUT2D eigenvalue weighted by Crippen LogP contribution is -2.18. The van der Waals surface area contributed by atoms with Crippen molar-refractivity contribution in [2.24, 2.45) is 0 Å². The number of para-hydroxylation sites is 1. The predicted molar refractivity (Wildman–Crippen MR) is 79.4 cm³/mol. The number of fused-ring (bicyclic) bond motifs is 3. The summed E-state index contributed by atoms with van der Waals surface area (Å²) >= 11 is 0. The van der Waals surface area contributed by atoms with Crippen molar-refractivity contribution in [3.8, 4) is 5.75 Å². The minimum absolute atomic E-state index is 0.0306. The summed E-state index contributed by atoms with van der Waals surface area (Å²) in [5, 5.41) is 9.65. The molecule has 0 amide bonds. The number of aromatic nitrogens is 3. The van der Waals surface area contributed by atoms with Gasteiger partial charge in [0.25, 0.3) is 0 Å². The Balaban J connectivity index is 1.64. The molecular weight excluding hydrogens is 282 g/mol. The number of ether oxygens (including phenoxy) is 1. The molecule has 0 radical (unpaired) electrons. The van der Waals surface area contributed by atoms with Crippen molar-refractivity contribution in [3.05, 3.63) is 54.9 Å². The fraction of sp³-hybridized carbons (Fsp3) is 0.0625. The van der Waals surface area contributed by atoms with E-state index in [1.807, 2.05) is 24.3 Å². The number of carbonyl (C=O) groups excluding carboxylic acids is 1. The van der Waals surface area contributed by atoms with Crippen LogP contribution in [-0.2, 0) is 11.3 Å². The van der Waals surface area contributed by atoms with Gasteiger partial charge in [-0.25, -0.2) is 4.79 Å². The van der Waals surface area contributed by atoms with Gasteiger partial charge in [0.1, 0.15) is 16.9 Å². The molecule has 2 aromatic carbocycles. The van der Waals surface area contributed by atoms with Crippen LogP contribution in [0, 0.1) is 0 Å². The molecule has 0 unspecified atom stereocenters. The lowest BCUT2D eigenvalue weighted by atomic mass is 10.1. The molecule has 4 aromatic rings. The number of carbonyl (C=O) groups is 1. The lowest BCUT2D eigenvalue weighted by molar-refractivity contribution is -0.135. The zero-order valence-electron chi connectivity index (χ0n) is 11.5. The topological polar surface area (TPSA) is 70.2 Å². The highest BCUT2D eigenvalue weighted by atomic mass is 16.5. The summed E-state index contributed by atoms with van der Waals surface area (Å²) in [4.78, 5) is 13.1. The number of benzene rings is 2. The van der Waals surface area contributed by atoms with Gasteiger partial charge in [0.15, 0.2) is 6.54 Å². The van der Waals surface area contributed by atoms with Gasteiger partial charge < -0.3 is 9.15 Å². The van der Waals surface area contributed by atoms with E-state index in [2.05, 4.69) is 10.2 Å². The van der Waals surface area contributed by atoms with E-state index in [1.165, 1.54) is 17.2 Å². The van der Waals surface area contributed by atoms with Crippen LogP contribution in [0.1, 0.15) is 0 Å². The van der Waals surface area contributed by atoms with Crippen molar-refractivity contribution in [1.29, 1.82) is 0 Å². The van der Waals surface area contributed by atoms with E-state index >= 15 is 0 Å². The Labute approximate surface area is 124 Å². The Bertz CT molecular complexity index is 957. The van der Waals surface area contributed by atoms with Crippen molar-refractivity contribution >= 4 is 27.9 Å². The number of rotatable bonds is 3. The van der Waals surface area contributed by atoms with Crippen molar-refractivity contribution < 1.29 is 13.9 Å². The average molecular weight is 293 g/mol. The number of furan rings is 1. The highest BCUT2D eigenvalue weighted by molar-refractivity contribution is 6.05. The molecule has 2 aromatic heterocycles. The van der Waals surface area contributed by atoms with Crippen LogP contribution in [0.25, 0.3) is 21.9 Å². The fourth-order valence-electron chi connectivity index (χ4n) is 2.37. The van der Waals surface area contributed by atoms with Gasteiger partial charge in [-0.3, -0.25) is 0 Å². The van der Waals surface area contributed by atoms with Gasteiger partial charge >= 0.3 is 5.97 Å². The Morgan fingerprint density at radius 1 is 1.05 bits per heavy atom. The Kier molecular flexibility index (Phi) is 2.86. The van der Waals surface area contributed by atoms with Crippen LogP contribution < -0.4 is 4.74 Å². The normalized spacial score (nSPS) is 11.1.